The van der Waals surface area contributed by atoms with Gasteiger partial charge in [-0.1, -0.05) is 60.7 Å². The van der Waals surface area contributed by atoms with Crippen molar-refractivity contribution >= 4 is 5.91 Å². The van der Waals surface area contributed by atoms with Gasteiger partial charge in [-0.15, -0.1) is 0 Å². The first-order chi connectivity index (χ1) is 14.6. The molecular weight excluding hydrogens is 374 g/mol. The van der Waals surface area contributed by atoms with Crippen LogP contribution in [-0.4, -0.2) is 38.8 Å². The van der Waals surface area contributed by atoms with Crippen molar-refractivity contribution in [3.63, 3.8) is 0 Å². The molecule has 30 heavy (non-hydrogen) atoms. The average molecular weight is 404 g/mol. The molecule has 5 heteroatoms. The highest BCUT2D eigenvalue weighted by atomic mass is 16.3. The molecule has 0 bridgehead atoms. The van der Waals surface area contributed by atoms with E-state index in [9.17, 15) is 9.90 Å². The fourth-order valence-corrected chi connectivity index (χ4v) is 4.59. The van der Waals surface area contributed by atoms with Crippen LogP contribution >= 0.6 is 0 Å². The molecule has 0 radical (unpaired) electrons. The summed E-state index contributed by atoms with van der Waals surface area (Å²) in [5.41, 5.74) is 0.765. The lowest BCUT2D eigenvalue weighted by Gasteiger charge is -2.42. The van der Waals surface area contributed by atoms with Gasteiger partial charge in [-0.25, -0.2) is 0 Å². The molecule has 2 aromatic carbocycles. The first-order valence-electron chi connectivity index (χ1n) is 10.7. The summed E-state index contributed by atoms with van der Waals surface area (Å²) in [6.07, 6.45) is 5.60. The van der Waals surface area contributed by atoms with E-state index in [2.05, 4.69) is 5.10 Å². The number of carbonyl (C=O) groups is 1. The molecule has 1 aliphatic rings. The largest absolute Gasteiger partial charge is 0.380 e. The maximum Gasteiger partial charge on any atom is 0.224 e. The molecule has 4 rings (SSSR count). The third-order valence-corrected chi connectivity index (χ3v) is 6.31. The van der Waals surface area contributed by atoms with Crippen LogP contribution in [-0.2, 0) is 10.4 Å². The Kier molecular flexibility index (Phi) is 6.00. The molecule has 5 nitrogen and oxygen atoms in total. The van der Waals surface area contributed by atoms with E-state index in [1.807, 2.05) is 89.4 Å². The minimum Gasteiger partial charge on any atom is -0.380 e. The first kappa shape index (κ1) is 20.4. The lowest BCUT2D eigenvalue weighted by molar-refractivity contribution is -0.134. The number of nitrogens with zero attached hydrogens (tertiary/aromatic N) is 3. The third kappa shape index (κ3) is 4.03. The number of hydrogen-bond donors (Lipinski definition) is 1. The summed E-state index contributed by atoms with van der Waals surface area (Å²) in [6, 6.07) is 21.7. The summed E-state index contributed by atoms with van der Waals surface area (Å²) in [7, 11) is 0. The van der Waals surface area contributed by atoms with Crippen molar-refractivity contribution in [3.8, 4) is 0 Å². The van der Waals surface area contributed by atoms with Crippen molar-refractivity contribution in [2.75, 3.05) is 13.1 Å². The molecule has 1 atom stereocenters. The predicted octanol–water partition coefficient (Wildman–Crippen LogP) is 4.01. The van der Waals surface area contributed by atoms with Crippen molar-refractivity contribution in [2.45, 2.75) is 37.8 Å². The fourth-order valence-electron chi connectivity index (χ4n) is 4.59. The maximum atomic E-state index is 12.8. The first-order valence-corrected chi connectivity index (χ1v) is 10.7. The summed E-state index contributed by atoms with van der Waals surface area (Å²) in [6.45, 7) is 3.34. The van der Waals surface area contributed by atoms with Crippen molar-refractivity contribution in [1.82, 2.24) is 14.7 Å². The second kappa shape index (κ2) is 8.84. The fraction of sp³-hybridized carbons (Fsp3) is 0.360. The highest BCUT2D eigenvalue weighted by molar-refractivity contribution is 5.76. The van der Waals surface area contributed by atoms with Crippen LogP contribution in [0, 0.1) is 5.92 Å². The molecule has 1 N–H and O–H groups in total. The molecule has 3 aromatic rings. The zero-order valence-electron chi connectivity index (χ0n) is 17.4. The van der Waals surface area contributed by atoms with E-state index in [0.29, 0.717) is 19.5 Å². The molecule has 2 heterocycles. The average Bonchev–Trinajstić information content (AvgIpc) is 3.35. The molecular formula is C25H29N3O2. The van der Waals surface area contributed by atoms with Crippen LogP contribution in [0.15, 0.2) is 79.1 Å². The Balaban J connectivity index is 1.47. The molecule has 1 saturated heterocycles. The summed E-state index contributed by atoms with van der Waals surface area (Å²) >= 11 is 0. The Morgan fingerprint density at radius 3 is 2.10 bits per heavy atom. The number of likely N-dealkylation sites (tertiary alicyclic amines) is 1. The van der Waals surface area contributed by atoms with Crippen LogP contribution in [0.25, 0.3) is 0 Å². The Morgan fingerprint density at radius 2 is 1.60 bits per heavy atom. The van der Waals surface area contributed by atoms with E-state index in [0.717, 1.165) is 24.0 Å². The zero-order valence-corrected chi connectivity index (χ0v) is 17.4. The highest BCUT2D eigenvalue weighted by Gasteiger charge is 2.42. The Morgan fingerprint density at radius 1 is 1.03 bits per heavy atom. The molecule has 1 amide bonds. The van der Waals surface area contributed by atoms with Gasteiger partial charge in [0.25, 0.3) is 0 Å². The minimum atomic E-state index is -1.06. The van der Waals surface area contributed by atoms with Gasteiger partial charge in [0.1, 0.15) is 5.60 Å². The molecule has 0 aliphatic carbocycles. The van der Waals surface area contributed by atoms with Crippen molar-refractivity contribution < 1.29 is 9.90 Å². The topological polar surface area (TPSA) is 58.4 Å². The van der Waals surface area contributed by atoms with Crippen molar-refractivity contribution in [2.24, 2.45) is 5.92 Å². The van der Waals surface area contributed by atoms with E-state index >= 15 is 0 Å². The second-order valence-corrected chi connectivity index (χ2v) is 8.19. The van der Waals surface area contributed by atoms with Gasteiger partial charge in [0.05, 0.1) is 6.04 Å². The smallest absolute Gasteiger partial charge is 0.224 e. The van der Waals surface area contributed by atoms with Crippen LogP contribution < -0.4 is 0 Å². The van der Waals surface area contributed by atoms with Gasteiger partial charge < -0.3 is 10.0 Å². The molecule has 0 unspecified atom stereocenters. The minimum absolute atomic E-state index is 0.0378. The number of hydrogen-bond acceptors (Lipinski definition) is 3. The molecule has 1 aromatic heterocycles. The maximum absolute atomic E-state index is 12.8. The predicted molar refractivity (Wildman–Crippen MR) is 117 cm³/mol. The number of aromatic nitrogens is 2. The second-order valence-electron chi connectivity index (χ2n) is 8.19. The molecule has 1 fully saturated rings. The lowest BCUT2D eigenvalue weighted by Crippen LogP contribution is -2.46. The van der Waals surface area contributed by atoms with Gasteiger partial charge in [0.15, 0.2) is 0 Å². The van der Waals surface area contributed by atoms with E-state index in [-0.39, 0.29) is 17.9 Å². The summed E-state index contributed by atoms with van der Waals surface area (Å²) in [5, 5.41) is 16.2. The standard InChI is InChI=1S/C25H29N3O2/c1-20(28-16-8-15-26-28)19-24(29)27-17-13-23(14-18-27)25(30,21-9-4-2-5-10-21)22-11-6-3-7-12-22/h2-12,15-16,20,23,30H,13-14,17-19H2,1H3/t20-/m1/s1. The number of benzene rings is 2. The van der Waals surface area contributed by atoms with Gasteiger partial charge in [-0.05, 0) is 42.9 Å². The number of carbonyl (C=O) groups excluding carboxylic acids is 1. The number of aliphatic hydroxyl groups is 1. The number of piperidine rings is 1. The summed E-state index contributed by atoms with van der Waals surface area (Å²) in [5.74, 6) is 0.203. The van der Waals surface area contributed by atoms with Crippen LogP contribution in [0.3, 0.4) is 0 Å². The van der Waals surface area contributed by atoms with Crippen molar-refractivity contribution in [1.29, 1.82) is 0 Å². The highest BCUT2D eigenvalue weighted by Crippen LogP contribution is 2.42. The van der Waals surface area contributed by atoms with Gasteiger partial charge in [-0.2, -0.15) is 5.10 Å². The Hall–Kier alpha value is -2.92. The monoisotopic (exact) mass is 403 g/mol. The summed E-state index contributed by atoms with van der Waals surface area (Å²) < 4.78 is 1.83. The van der Waals surface area contributed by atoms with Gasteiger partial charge in [-0.3, -0.25) is 9.48 Å². The SMILES string of the molecule is C[C@H](CC(=O)N1CCC(C(O)(c2ccccc2)c2ccccc2)CC1)n1cccn1. The molecule has 0 saturated carbocycles. The number of amides is 1. The van der Waals surface area contributed by atoms with E-state index in [1.165, 1.54) is 0 Å². The van der Waals surface area contributed by atoms with Gasteiger partial charge >= 0.3 is 0 Å². The normalized spacial score (nSPS) is 16.4. The van der Waals surface area contributed by atoms with Crippen LogP contribution in [0.4, 0.5) is 0 Å². The van der Waals surface area contributed by atoms with E-state index < -0.39 is 5.60 Å². The third-order valence-electron chi connectivity index (χ3n) is 6.31. The Bertz CT molecular complexity index is 894. The zero-order chi connectivity index (χ0) is 21.0. The van der Waals surface area contributed by atoms with Crippen LogP contribution in [0.2, 0.25) is 0 Å². The van der Waals surface area contributed by atoms with Crippen LogP contribution in [0.5, 0.6) is 0 Å². The van der Waals surface area contributed by atoms with Crippen molar-refractivity contribution in [3.05, 3.63) is 90.3 Å². The molecule has 1 aliphatic heterocycles. The van der Waals surface area contributed by atoms with E-state index in [1.54, 1.807) is 6.20 Å². The molecule has 156 valence electrons. The van der Waals surface area contributed by atoms with Gasteiger partial charge in [0.2, 0.25) is 5.91 Å². The van der Waals surface area contributed by atoms with Gasteiger partial charge in [0, 0.05) is 31.9 Å². The van der Waals surface area contributed by atoms with Crippen LogP contribution in [0.1, 0.15) is 43.4 Å². The number of rotatable bonds is 6. The quantitative estimate of drug-likeness (QED) is 0.677. The lowest BCUT2D eigenvalue weighted by atomic mass is 9.72. The Labute approximate surface area is 178 Å². The molecule has 0 spiro atoms. The summed E-state index contributed by atoms with van der Waals surface area (Å²) in [4.78, 5) is 14.8. The van der Waals surface area contributed by atoms with E-state index in [4.69, 9.17) is 0 Å².